The number of rotatable bonds is 1. The third-order valence-electron chi connectivity index (χ3n) is 1.19. The van der Waals surface area contributed by atoms with E-state index in [-0.39, 0.29) is 0 Å². The largest absolute Gasteiger partial charge is 0.394 e. The second kappa shape index (κ2) is 3.45. The molecule has 0 aliphatic rings. The van der Waals surface area contributed by atoms with Crippen molar-refractivity contribution in [3.63, 3.8) is 0 Å². The molecule has 0 bridgehead atoms. The molecule has 0 aromatic carbocycles. The molecule has 1 heterocycles. The van der Waals surface area contributed by atoms with E-state index in [1.165, 1.54) is 0 Å². The number of alkyl halides is 3. The van der Waals surface area contributed by atoms with Crippen LogP contribution < -0.4 is 0 Å². The number of aromatic nitrogens is 2. The lowest BCUT2D eigenvalue weighted by Crippen LogP contribution is -2.14. The highest BCUT2D eigenvalue weighted by atomic mass is 35.5. The third kappa shape index (κ3) is 2.80. The minimum atomic E-state index is -4.50. The molecule has 0 spiro atoms. The van der Waals surface area contributed by atoms with Crippen LogP contribution in [0.1, 0.15) is 5.69 Å². The molecule has 0 fully saturated rings. The molecule has 1 aromatic rings. The second-order valence-corrected chi connectivity index (χ2v) is 2.58. The van der Waals surface area contributed by atoms with Crippen molar-refractivity contribution in [2.75, 3.05) is 0 Å². The molecule has 2 nitrogen and oxygen atoms in total. The van der Waals surface area contributed by atoms with Crippen molar-refractivity contribution in [1.29, 1.82) is 0 Å². The highest BCUT2D eigenvalue weighted by molar-refractivity contribution is 6.29. The van der Waals surface area contributed by atoms with Crippen LogP contribution in [-0.4, -0.2) is 16.1 Å². The normalized spacial score (nSPS) is 11.8. The number of hydrogen-bond donors (Lipinski definition) is 0. The number of halogens is 5. The van der Waals surface area contributed by atoms with Gasteiger partial charge in [-0.3, -0.25) is 0 Å². The van der Waals surface area contributed by atoms with Gasteiger partial charge in [0.15, 0.2) is 11.0 Å². The number of nitrogens with zero attached hydrogens (tertiary/aromatic N) is 2. The average molecular weight is 215 g/mol. The molecular weight excluding hydrogens is 212 g/mol. The van der Waals surface area contributed by atoms with E-state index in [1.807, 2.05) is 0 Å². The van der Waals surface area contributed by atoms with Crippen LogP contribution in [0.15, 0.2) is 6.33 Å². The van der Waals surface area contributed by atoms with Crippen LogP contribution in [0, 0.1) is 5.82 Å². The first kappa shape index (κ1) is 10.2. The molecule has 0 aliphatic carbocycles. The van der Waals surface area contributed by atoms with Gasteiger partial charge in [0.2, 0.25) is 0 Å². The summed E-state index contributed by atoms with van der Waals surface area (Å²) < 4.78 is 48.1. The Balaban J connectivity index is 2.96. The summed E-state index contributed by atoms with van der Waals surface area (Å²) >= 11 is 5.15. The molecule has 0 atom stereocenters. The summed E-state index contributed by atoms with van der Waals surface area (Å²) in [6, 6.07) is 0. The van der Waals surface area contributed by atoms with Gasteiger partial charge in [-0.15, -0.1) is 0 Å². The molecule has 72 valence electrons. The summed E-state index contributed by atoms with van der Waals surface area (Å²) in [5.41, 5.74) is -0.743. The van der Waals surface area contributed by atoms with Gasteiger partial charge in [0, 0.05) is 0 Å². The molecule has 0 radical (unpaired) electrons. The van der Waals surface area contributed by atoms with Gasteiger partial charge < -0.3 is 0 Å². The molecule has 1 rings (SSSR count). The minimum absolute atomic E-state index is 0.603. The first-order chi connectivity index (χ1) is 5.90. The van der Waals surface area contributed by atoms with Crippen molar-refractivity contribution >= 4 is 11.6 Å². The van der Waals surface area contributed by atoms with Gasteiger partial charge in [0.25, 0.3) is 0 Å². The summed E-state index contributed by atoms with van der Waals surface area (Å²) in [7, 11) is 0. The predicted molar refractivity (Wildman–Crippen MR) is 36.8 cm³/mol. The van der Waals surface area contributed by atoms with E-state index >= 15 is 0 Å². The summed E-state index contributed by atoms with van der Waals surface area (Å²) in [6.45, 7) is 0. The van der Waals surface area contributed by atoms with E-state index in [1.54, 1.807) is 0 Å². The van der Waals surface area contributed by atoms with E-state index in [9.17, 15) is 17.6 Å². The monoisotopic (exact) mass is 214 g/mol. The first-order valence-electron chi connectivity index (χ1n) is 3.12. The first-order valence-corrected chi connectivity index (χ1v) is 3.49. The quantitative estimate of drug-likeness (QED) is 0.530. The molecule has 0 saturated carbocycles. The molecule has 0 aliphatic heterocycles. The Morgan fingerprint density at radius 1 is 1.31 bits per heavy atom. The lowest BCUT2D eigenvalue weighted by molar-refractivity contribution is -0.128. The highest BCUT2D eigenvalue weighted by Gasteiger charge is 2.30. The van der Waals surface area contributed by atoms with Gasteiger partial charge in [-0.1, -0.05) is 11.6 Å². The van der Waals surface area contributed by atoms with Crippen LogP contribution in [0.2, 0.25) is 5.15 Å². The van der Waals surface area contributed by atoms with Crippen molar-refractivity contribution in [1.82, 2.24) is 9.97 Å². The van der Waals surface area contributed by atoms with Gasteiger partial charge >= 0.3 is 6.18 Å². The van der Waals surface area contributed by atoms with Gasteiger partial charge in [0.1, 0.15) is 6.33 Å². The Hall–Kier alpha value is -0.910. The Bertz CT molecular complexity index is 312. The fourth-order valence-corrected chi connectivity index (χ4v) is 0.847. The molecule has 7 heteroatoms. The molecule has 0 N–H and O–H groups in total. The van der Waals surface area contributed by atoms with Crippen molar-refractivity contribution in [2.45, 2.75) is 12.6 Å². The molecule has 0 amide bonds. The van der Waals surface area contributed by atoms with Crippen molar-refractivity contribution < 1.29 is 17.6 Å². The van der Waals surface area contributed by atoms with Crippen molar-refractivity contribution in [3.8, 4) is 0 Å². The van der Waals surface area contributed by atoms with E-state index < -0.39 is 29.3 Å². The summed E-state index contributed by atoms with van der Waals surface area (Å²) in [5.74, 6) is -1.22. The lowest BCUT2D eigenvalue weighted by atomic mass is 10.3. The zero-order chi connectivity index (χ0) is 10.1. The Morgan fingerprint density at radius 3 is 2.46 bits per heavy atom. The lowest BCUT2D eigenvalue weighted by Gasteiger charge is -2.05. The Labute approximate surface area is 75.6 Å². The average Bonchev–Trinajstić information content (AvgIpc) is 1.96. The molecule has 0 unspecified atom stereocenters. The molecule has 0 saturated heterocycles. The zero-order valence-electron chi connectivity index (χ0n) is 6.07. The summed E-state index contributed by atoms with van der Waals surface area (Å²) in [6.07, 6.45) is -5.16. The summed E-state index contributed by atoms with van der Waals surface area (Å²) in [5, 5.41) is -0.603. The zero-order valence-corrected chi connectivity index (χ0v) is 6.82. The van der Waals surface area contributed by atoms with Gasteiger partial charge in [-0.2, -0.15) is 13.2 Å². The van der Waals surface area contributed by atoms with Crippen molar-refractivity contribution in [3.05, 3.63) is 23.0 Å². The fraction of sp³-hybridized carbons (Fsp3) is 0.333. The fourth-order valence-electron chi connectivity index (χ4n) is 0.695. The molecule has 1 aromatic heterocycles. The van der Waals surface area contributed by atoms with Crippen LogP contribution in [0.25, 0.3) is 0 Å². The minimum Gasteiger partial charge on any atom is -0.238 e. The van der Waals surface area contributed by atoms with Crippen LogP contribution in [0.4, 0.5) is 17.6 Å². The Morgan fingerprint density at radius 2 is 1.92 bits per heavy atom. The van der Waals surface area contributed by atoms with Crippen molar-refractivity contribution in [2.24, 2.45) is 0 Å². The Kier molecular flexibility index (Phi) is 2.70. The molecule has 13 heavy (non-hydrogen) atoms. The maximum absolute atomic E-state index is 12.8. The van der Waals surface area contributed by atoms with Crippen LogP contribution in [-0.2, 0) is 6.42 Å². The smallest absolute Gasteiger partial charge is 0.238 e. The van der Waals surface area contributed by atoms with E-state index in [0.717, 1.165) is 6.33 Å². The predicted octanol–water partition coefficient (Wildman–Crippen LogP) is 2.37. The van der Waals surface area contributed by atoms with E-state index in [2.05, 4.69) is 9.97 Å². The summed E-state index contributed by atoms with van der Waals surface area (Å²) in [4.78, 5) is 6.32. The van der Waals surface area contributed by atoms with Crippen LogP contribution in [0.5, 0.6) is 0 Å². The maximum Gasteiger partial charge on any atom is 0.394 e. The van der Waals surface area contributed by atoms with Crippen LogP contribution >= 0.6 is 11.6 Å². The maximum atomic E-state index is 12.8. The van der Waals surface area contributed by atoms with E-state index in [0.29, 0.717) is 0 Å². The highest BCUT2D eigenvalue weighted by Crippen LogP contribution is 2.23. The SMILES string of the molecule is Fc1c(Cl)ncnc1CC(F)(F)F. The van der Waals surface area contributed by atoms with E-state index in [4.69, 9.17) is 11.6 Å². The van der Waals surface area contributed by atoms with Gasteiger partial charge in [-0.25, -0.2) is 14.4 Å². The molecular formula is C6H3ClF4N2. The number of hydrogen-bond acceptors (Lipinski definition) is 2. The van der Waals surface area contributed by atoms with Gasteiger partial charge in [-0.05, 0) is 0 Å². The van der Waals surface area contributed by atoms with Gasteiger partial charge in [0.05, 0.1) is 12.1 Å². The standard InChI is InChI=1S/C6H3ClF4N2/c7-5-4(8)3(12-2-13-5)1-6(9,10)11/h2H,1H2. The second-order valence-electron chi connectivity index (χ2n) is 2.22. The topological polar surface area (TPSA) is 25.8 Å². The third-order valence-corrected chi connectivity index (χ3v) is 1.45. The van der Waals surface area contributed by atoms with Crippen LogP contribution in [0.3, 0.4) is 0 Å².